The molecule has 0 aliphatic carbocycles. The van der Waals surface area contributed by atoms with Crippen molar-refractivity contribution in [2.24, 2.45) is 12.1 Å². The lowest BCUT2D eigenvalue weighted by atomic mass is 10.1. The Morgan fingerprint density at radius 2 is 1.95 bits per heavy atom. The minimum absolute atomic E-state index is 0.182. The number of para-hydroxylation sites is 1. The summed E-state index contributed by atoms with van der Waals surface area (Å²) >= 11 is 1.55. The van der Waals surface area contributed by atoms with Gasteiger partial charge in [-0.3, -0.25) is 4.79 Å². The van der Waals surface area contributed by atoms with E-state index in [0.717, 1.165) is 26.1 Å². The van der Waals surface area contributed by atoms with Crippen LogP contribution < -0.4 is 10.2 Å². The van der Waals surface area contributed by atoms with Crippen LogP contribution in [0.15, 0.2) is 47.6 Å². The second kappa shape index (κ2) is 5.77. The molecule has 1 heterocycles. The van der Waals surface area contributed by atoms with Gasteiger partial charge in [0.25, 0.3) is 5.91 Å². The quantitative estimate of drug-likeness (QED) is 0.726. The molecule has 4 nitrogen and oxygen atoms in total. The Morgan fingerprint density at radius 3 is 2.73 bits per heavy atom. The molecule has 3 aromatic rings. The van der Waals surface area contributed by atoms with E-state index in [1.54, 1.807) is 11.3 Å². The molecule has 0 saturated carbocycles. The third-order valence-corrected chi connectivity index (χ3v) is 4.72. The number of hydrogen-bond acceptors (Lipinski definition) is 3. The van der Waals surface area contributed by atoms with Crippen LogP contribution in [-0.2, 0) is 7.05 Å². The van der Waals surface area contributed by atoms with Crippen LogP contribution in [0.3, 0.4) is 0 Å². The first-order valence-corrected chi connectivity index (χ1v) is 7.84. The molecule has 22 heavy (non-hydrogen) atoms. The molecule has 0 spiro atoms. The van der Waals surface area contributed by atoms with Crippen LogP contribution >= 0.6 is 11.3 Å². The number of thiazole rings is 1. The highest BCUT2D eigenvalue weighted by Crippen LogP contribution is 2.15. The first-order valence-electron chi connectivity index (χ1n) is 7.02. The summed E-state index contributed by atoms with van der Waals surface area (Å²) in [5.74, 6) is -0.182. The molecule has 112 valence electrons. The van der Waals surface area contributed by atoms with E-state index in [9.17, 15) is 4.79 Å². The van der Waals surface area contributed by atoms with E-state index in [1.165, 1.54) is 0 Å². The van der Waals surface area contributed by atoms with Crippen LogP contribution in [0.4, 0.5) is 0 Å². The Labute approximate surface area is 132 Å². The second-order valence-electron chi connectivity index (χ2n) is 5.28. The van der Waals surface area contributed by atoms with E-state index in [1.807, 2.05) is 67.9 Å². The van der Waals surface area contributed by atoms with Crippen LogP contribution in [0.1, 0.15) is 21.5 Å². The van der Waals surface area contributed by atoms with Gasteiger partial charge in [0.05, 0.1) is 10.2 Å². The lowest BCUT2D eigenvalue weighted by molar-refractivity contribution is 0.0952. The van der Waals surface area contributed by atoms with Crippen molar-refractivity contribution in [3.05, 3.63) is 64.0 Å². The van der Waals surface area contributed by atoms with Gasteiger partial charge in [0.2, 0.25) is 4.80 Å². The predicted octanol–water partition coefficient (Wildman–Crippen LogP) is 3.10. The smallest absolute Gasteiger partial charge is 0.271 e. The number of benzene rings is 2. The highest BCUT2D eigenvalue weighted by atomic mass is 32.1. The van der Waals surface area contributed by atoms with Gasteiger partial charge in [0, 0.05) is 12.6 Å². The highest BCUT2D eigenvalue weighted by Gasteiger charge is 2.08. The molecular weight excluding hydrogens is 294 g/mol. The number of amides is 1. The SMILES string of the molecule is Cc1ccc(C)c(C(=O)N/N=c2/sc3ccccc3n2C)c1. The molecule has 3 rings (SSSR count). The fourth-order valence-electron chi connectivity index (χ4n) is 2.33. The van der Waals surface area contributed by atoms with Crippen molar-refractivity contribution in [3.8, 4) is 0 Å². The van der Waals surface area contributed by atoms with Crippen molar-refractivity contribution in [1.29, 1.82) is 0 Å². The maximum absolute atomic E-state index is 12.3. The summed E-state index contributed by atoms with van der Waals surface area (Å²) in [5.41, 5.74) is 6.43. The van der Waals surface area contributed by atoms with Crippen LogP contribution in [0.5, 0.6) is 0 Å². The van der Waals surface area contributed by atoms with Crippen molar-refractivity contribution in [2.75, 3.05) is 0 Å². The van der Waals surface area contributed by atoms with Crippen molar-refractivity contribution >= 4 is 27.5 Å². The summed E-state index contributed by atoms with van der Waals surface area (Å²) in [6, 6.07) is 13.9. The summed E-state index contributed by atoms with van der Waals surface area (Å²) in [6.07, 6.45) is 0. The molecule has 2 aromatic carbocycles. The third kappa shape index (κ3) is 2.67. The van der Waals surface area contributed by atoms with E-state index >= 15 is 0 Å². The normalized spacial score (nSPS) is 11.9. The molecule has 0 aliphatic rings. The zero-order chi connectivity index (χ0) is 15.7. The Hall–Kier alpha value is -2.40. The van der Waals surface area contributed by atoms with Gasteiger partial charge < -0.3 is 4.57 Å². The van der Waals surface area contributed by atoms with Gasteiger partial charge in [-0.25, -0.2) is 5.43 Å². The van der Waals surface area contributed by atoms with Gasteiger partial charge in [0.15, 0.2) is 0 Å². The Bertz CT molecular complexity index is 921. The third-order valence-electron chi connectivity index (χ3n) is 3.61. The number of carbonyl (C=O) groups excluding carboxylic acids is 1. The first kappa shape index (κ1) is 14.5. The van der Waals surface area contributed by atoms with Crippen LogP contribution in [0.2, 0.25) is 0 Å². The molecule has 0 radical (unpaired) electrons. The van der Waals surface area contributed by atoms with E-state index < -0.39 is 0 Å². The number of rotatable bonds is 2. The molecule has 1 aromatic heterocycles. The van der Waals surface area contributed by atoms with E-state index in [0.29, 0.717) is 5.56 Å². The van der Waals surface area contributed by atoms with Crippen LogP contribution in [0, 0.1) is 13.8 Å². The number of carbonyl (C=O) groups is 1. The molecule has 1 N–H and O–H groups in total. The Balaban J connectivity index is 1.94. The number of fused-ring (bicyclic) bond motifs is 1. The summed E-state index contributed by atoms with van der Waals surface area (Å²) < 4.78 is 3.12. The fourth-order valence-corrected chi connectivity index (χ4v) is 3.31. The molecule has 0 atom stereocenters. The minimum Gasteiger partial charge on any atom is -0.318 e. The largest absolute Gasteiger partial charge is 0.318 e. The minimum atomic E-state index is -0.182. The standard InChI is InChI=1S/C17H17N3OS/c1-11-8-9-12(2)13(10-11)16(21)18-19-17-20(3)14-6-4-5-7-15(14)22-17/h4-10H,1-3H3,(H,18,21)/b19-17+. The second-order valence-corrected chi connectivity index (χ2v) is 6.29. The maximum Gasteiger partial charge on any atom is 0.271 e. The van der Waals surface area contributed by atoms with Crippen molar-refractivity contribution in [1.82, 2.24) is 9.99 Å². The molecular formula is C17H17N3OS. The number of nitrogens with zero attached hydrogens (tertiary/aromatic N) is 2. The predicted molar refractivity (Wildman–Crippen MR) is 89.7 cm³/mol. The Kier molecular flexibility index (Phi) is 3.81. The van der Waals surface area contributed by atoms with E-state index in [4.69, 9.17) is 0 Å². The fraction of sp³-hybridized carbons (Fsp3) is 0.176. The topological polar surface area (TPSA) is 46.4 Å². The average molecular weight is 311 g/mol. The van der Waals surface area contributed by atoms with Gasteiger partial charge in [-0.05, 0) is 37.6 Å². The van der Waals surface area contributed by atoms with Gasteiger partial charge in [-0.2, -0.15) is 0 Å². The van der Waals surface area contributed by atoms with Crippen LogP contribution in [0.25, 0.3) is 10.2 Å². The molecule has 1 amide bonds. The molecule has 0 bridgehead atoms. The summed E-state index contributed by atoms with van der Waals surface area (Å²) in [7, 11) is 1.95. The molecule has 0 aliphatic heterocycles. The number of hydrogen-bond donors (Lipinski definition) is 1. The Morgan fingerprint density at radius 1 is 1.18 bits per heavy atom. The number of aryl methyl sites for hydroxylation is 3. The number of nitrogens with one attached hydrogen (secondary N) is 1. The van der Waals surface area contributed by atoms with Crippen molar-refractivity contribution < 1.29 is 4.79 Å². The summed E-state index contributed by atoms with van der Waals surface area (Å²) in [6.45, 7) is 3.90. The lowest BCUT2D eigenvalue weighted by Crippen LogP contribution is -2.23. The zero-order valence-electron chi connectivity index (χ0n) is 12.8. The molecule has 5 heteroatoms. The van der Waals surface area contributed by atoms with Gasteiger partial charge in [0.1, 0.15) is 0 Å². The van der Waals surface area contributed by atoms with E-state index in [2.05, 4.69) is 10.5 Å². The van der Waals surface area contributed by atoms with E-state index in [-0.39, 0.29) is 5.91 Å². The highest BCUT2D eigenvalue weighted by molar-refractivity contribution is 7.16. The average Bonchev–Trinajstić information content (AvgIpc) is 2.84. The summed E-state index contributed by atoms with van der Waals surface area (Å²) in [4.78, 5) is 13.1. The number of aromatic nitrogens is 1. The van der Waals surface area contributed by atoms with Gasteiger partial charge in [-0.1, -0.05) is 41.2 Å². The van der Waals surface area contributed by atoms with Gasteiger partial charge >= 0.3 is 0 Å². The molecule has 0 saturated heterocycles. The molecule has 0 unspecified atom stereocenters. The summed E-state index contributed by atoms with van der Waals surface area (Å²) in [5, 5.41) is 4.27. The lowest BCUT2D eigenvalue weighted by Gasteiger charge is -2.05. The van der Waals surface area contributed by atoms with Crippen LogP contribution in [-0.4, -0.2) is 10.5 Å². The zero-order valence-corrected chi connectivity index (χ0v) is 13.6. The molecule has 0 fully saturated rings. The monoisotopic (exact) mass is 311 g/mol. The van der Waals surface area contributed by atoms with Crippen molar-refractivity contribution in [2.45, 2.75) is 13.8 Å². The first-order chi connectivity index (χ1) is 10.6. The van der Waals surface area contributed by atoms with Crippen molar-refractivity contribution in [3.63, 3.8) is 0 Å². The maximum atomic E-state index is 12.3. The van der Waals surface area contributed by atoms with Gasteiger partial charge in [-0.15, -0.1) is 5.10 Å².